The monoisotopic (exact) mass is 450 g/mol. The van der Waals surface area contributed by atoms with Gasteiger partial charge in [0.25, 0.3) is 5.56 Å². The number of fused-ring (bicyclic) bond motifs is 2. The Morgan fingerprint density at radius 3 is 2.30 bits per heavy atom. The molecule has 0 fully saturated rings. The Morgan fingerprint density at radius 1 is 0.970 bits per heavy atom. The first-order valence-electron chi connectivity index (χ1n) is 10.9. The Balaban J connectivity index is 1.96. The Hall–Kier alpha value is -3.48. The predicted molar refractivity (Wildman–Crippen MR) is 127 cm³/mol. The van der Waals surface area contributed by atoms with E-state index >= 15 is 0 Å². The van der Waals surface area contributed by atoms with Gasteiger partial charge in [0.2, 0.25) is 5.91 Å². The molecule has 7 heteroatoms. The quantitative estimate of drug-likeness (QED) is 0.648. The fourth-order valence-electron chi connectivity index (χ4n) is 4.46. The van der Waals surface area contributed by atoms with Crippen LogP contribution < -0.4 is 19.8 Å². The maximum Gasteiger partial charge on any atom is 0.254 e. The van der Waals surface area contributed by atoms with Gasteiger partial charge in [-0.1, -0.05) is 20.8 Å². The number of nitrogens with one attached hydrogen (secondary N) is 1. The van der Waals surface area contributed by atoms with Crippen LogP contribution in [0.25, 0.3) is 10.9 Å². The minimum Gasteiger partial charge on any atom is -0.497 e. The number of nitrogens with zero attached hydrogens (tertiary/aromatic N) is 1. The second-order valence-electron chi connectivity index (χ2n) is 9.31. The highest BCUT2D eigenvalue weighted by Gasteiger charge is 2.38. The fourth-order valence-corrected chi connectivity index (χ4v) is 4.46. The molecule has 0 spiro atoms. The zero-order valence-electron chi connectivity index (χ0n) is 19.9. The van der Waals surface area contributed by atoms with E-state index in [2.05, 4.69) is 4.98 Å². The summed E-state index contributed by atoms with van der Waals surface area (Å²) in [7, 11) is 4.77. The summed E-state index contributed by atoms with van der Waals surface area (Å²) in [5.74, 6) is 1.84. The van der Waals surface area contributed by atoms with Crippen LogP contribution in [0.4, 0.5) is 0 Å². The Labute approximate surface area is 193 Å². The minimum atomic E-state index is -0.594. The summed E-state index contributed by atoms with van der Waals surface area (Å²) in [6, 6.07) is 10.7. The molecule has 0 aliphatic carbocycles. The number of aromatic nitrogens is 1. The zero-order chi connectivity index (χ0) is 23.9. The molecule has 1 N–H and O–H groups in total. The molecule has 0 saturated heterocycles. The van der Waals surface area contributed by atoms with Gasteiger partial charge in [-0.3, -0.25) is 9.59 Å². The van der Waals surface area contributed by atoms with E-state index in [9.17, 15) is 9.59 Å². The standard InChI is InChI=1S/C26H30N2O5/c1-26(2,3)25(30)28-10-9-15-12-21(32-5)22(33-6)14-18(15)23(28)19-11-16-7-8-17(31-4)13-20(16)27-24(19)29/h7-8,11-14,23H,9-10H2,1-6H3,(H,27,29)/t23-/m1/s1. The number of hydrogen-bond acceptors (Lipinski definition) is 5. The van der Waals surface area contributed by atoms with Crippen LogP contribution in [0.1, 0.15) is 43.5 Å². The summed E-state index contributed by atoms with van der Waals surface area (Å²) in [4.78, 5) is 31.6. The average Bonchev–Trinajstić information content (AvgIpc) is 2.80. The lowest BCUT2D eigenvalue weighted by atomic mass is 9.85. The molecule has 1 aliphatic rings. The van der Waals surface area contributed by atoms with E-state index in [1.54, 1.807) is 27.4 Å². The molecule has 0 unspecified atom stereocenters. The summed E-state index contributed by atoms with van der Waals surface area (Å²) in [5.41, 5.74) is 2.26. The molecule has 2 aromatic carbocycles. The van der Waals surface area contributed by atoms with E-state index in [4.69, 9.17) is 14.2 Å². The van der Waals surface area contributed by atoms with Gasteiger partial charge in [0.15, 0.2) is 11.5 Å². The second-order valence-corrected chi connectivity index (χ2v) is 9.31. The highest BCUT2D eigenvalue weighted by atomic mass is 16.5. The van der Waals surface area contributed by atoms with E-state index in [1.807, 2.05) is 56.0 Å². The third-order valence-corrected chi connectivity index (χ3v) is 6.15. The van der Waals surface area contributed by atoms with Crippen molar-refractivity contribution in [1.29, 1.82) is 0 Å². The first-order valence-corrected chi connectivity index (χ1v) is 10.9. The topological polar surface area (TPSA) is 80.9 Å². The van der Waals surface area contributed by atoms with Crippen molar-refractivity contribution in [2.75, 3.05) is 27.9 Å². The van der Waals surface area contributed by atoms with Crippen LogP contribution in [0.5, 0.6) is 17.2 Å². The number of H-pyrrole nitrogens is 1. The third-order valence-electron chi connectivity index (χ3n) is 6.15. The number of amides is 1. The first-order chi connectivity index (χ1) is 15.7. The predicted octanol–water partition coefficient (Wildman–Crippen LogP) is 4.07. The van der Waals surface area contributed by atoms with Crippen molar-refractivity contribution < 1.29 is 19.0 Å². The van der Waals surface area contributed by atoms with E-state index in [0.717, 1.165) is 16.5 Å². The molecule has 3 aromatic rings. The van der Waals surface area contributed by atoms with Crippen LogP contribution in [0.2, 0.25) is 0 Å². The van der Waals surface area contributed by atoms with E-state index in [1.165, 1.54) is 0 Å². The maximum absolute atomic E-state index is 13.5. The van der Waals surface area contributed by atoms with Gasteiger partial charge in [-0.15, -0.1) is 0 Å². The number of hydrogen-bond donors (Lipinski definition) is 1. The maximum atomic E-state index is 13.5. The number of rotatable bonds is 4. The fraction of sp³-hybridized carbons (Fsp3) is 0.385. The Morgan fingerprint density at radius 2 is 1.67 bits per heavy atom. The van der Waals surface area contributed by atoms with Crippen molar-refractivity contribution in [3.63, 3.8) is 0 Å². The number of benzene rings is 2. The summed E-state index contributed by atoms with van der Waals surface area (Å²) in [6.07, 6.45) is 0.663. The van der Waals surface area contributed by atoms with Crippen LogP contribution in [0.15, 0.2) is 41.2 Å². The normalized spacial score (nSPS) is 15.8. The average molecular weight is 451 g/mol. The SMILES string of the molecule is COc1ccc2cc([C@H]3c4cc(OC)c(OC)cc4CCN3C(=O)C(C)(C)C)c(=O)[nH]c2c1. The van der Waals surface area contributed by atoms with Crippen molar-refractivity contribution in [1.82, 2.24) is 9.88 Å². The van der Waals surface area contributed by atoms with Crippen LogP contribution >= 0.6 is 0 Å². The molecule has 2 heterocycles. The molecule has 1 aromatic heterocycles. The smallest absolute Gasteiger partial charge is 0.254 e. The summed E-state index contributed by atoms with van der Waals surface area (Å²) in [6.45, 7) is 6.19. The zero-order valence-corrected chi connectivity index (χ0v) is 19.9. The number of methoxy groups -OCH3 is 3. The van der Waals surface area contributed by atoms with Crippen molar-refractivity contribution in [2.45, 2.75) is 33.2 Å². The Kier molecular flexibility index (Phi) is 5.82. The molecule has 0 bridgehead atoms. The first kappa shape index (κ1) is 22.7. The van der Waals surface area contributed by atoms with Crippen LogP contribution in [-0.2, 0) is 11.2 Å². The lowest BCUT2D eigenvalue weighted by molar-refractivity contribution is -0.141. The second kappa shape index (κ2) is 8.46. The largest absolute Gasteiger partial charge is 0.497 e. The summed E-state index contributed by atoms with van der Waals surface area (Å²) in [5, 5.41) is 0.862. The van der Waals surface area contributed by atoms with Gasteiger partial charge in [-0.25, -0.2) is 0 Å². The number of carbonyl (C=O) groups excluding carboxylic acids is 1. The van der Waals surface area contributed by atoms with Crippen molar-refractivity contribution >= 4 is 16.8 Å². The molecule has 4 rings (SSSR count). The van der Waals surface area contributed by atoms with Gasteiger partial charge in [0, 0.05) is 23.6 Å². The summed E-state index contributed by atoms with van der Waals surface area (Å²) >= 11 is 0. The van der Waals surface area contributed by atoms with Gasteiger partial charge in [0.1, 0.15) is 5.75 Å². The molecule has 0 radical (unpaired) electrons. The molecular weight excluding hydrogens is 420 g/mol. The molecule has 0 saturated carbocycles. The molecular formula is C26H30N2O5. The highest BCUT2D eigenvalue weighted by molar-refractivity contribution is 5.84. The molecule has 33 heavy (non-hydrogen) atoms. The number of aromatic amines is 1. The van der Waals surface area contributed by atoms with E-state index in [-0.39, 0.29) is 11.5 Å². The third kappa shape index (κ3) is 4.03. The van der Waals surface area contributed by atoms with Gasteiger partial charge >= 0.3 is 0 Å². The molecule has 1 amide bonds. The van der Waals surface area contributed by atoms with E-state index < -0.39 is 11.5 Å². The molecule has 1 atom stereocenters. The van der Waals surface area contributed by atoms with Crippen molar-refractivity contribution in [3.8, 4) is 17.2 Å². The van der Waals surface area contributed by atoms with Crippen LogP contribution in [0.3, 0.4) is 0 Å². The highest BCUT2D eigenvalue weighted by Crippen LogP contribution is 2.42. The molecule has 174 valence electrons. The summed E-state index contributed by atoms with van der Waals surface area (Å²) < 4.78 is 16.3. The van der Waals surface area contributed by atoms with Gasteiger partial charge in [-0.05, 0) is 53.3 Å². The number of ether oxygens (including phenoxy) is 3. The van der Waals surface area contributed by atoms with Gasteiger partial charge in [0.05, 0.1) is 32.9 Å². The van der Waals surface area contributed by atoms with Crippen LogP contribution in [-0.4, -0.2) is 43.7 Å². The Bertz CT molecular complexity index is 1270. The van der Waals surface area contributed by atoms with Gasteiger partial charge in [-0.2, -0.15) is 0 Å². The number of carbonyl (C=O) groups is 1. The van der Waals surface area contributed by atoms with Gasteiger partial charge < -0.3 is 24.1 Å². The van der Waals surface area contributed by atoms with Crippen molar-refractivity contribution in [3.05, 3.63) is 63.4 Å². The lowest BCUT2D eigenvalue weighted by Gasteiger charge is -2.40. The van der Waals surface area contributed by atoms with E-state index in [0.29, 0.717) is 41.3 Å². The van der Waals surface area contributed by atoms with Crippen molar-refractivity contribution in [2.24, 2.45) is 5.41 Å². The lowest BCUT2D eigenvalue weighted by Crippen LogP contribution is -2.47. The minimum absolute atomic E-state index is 0.0119. The molecule has 1 aliphatic heterocycles. The number of pyridine rings is 1. The van der Waals surface area contributed by atoms with Crippen LogP contribution in [0, 0.1) is 5.41 Å². The molecule has 7 nitrogen and oxygen atoms in total.